The molecular weight excluding hydrogens is 186 g/mol. The summed E-state index contributed by atoms with van der Waals surface area (Å²) in [6.45, 7) is 0.595. The fourth-order valence-corrected chi connectivity index (χ4v) is 1.15. The van der Waals surface area contributed by atoms with Crippen molar-refractivity contribution in [3.63, 3.8) is 0 Å². The quantitative estimate of drug-likeness (QED) is 0.549. The zero-order valence-corrected chi connectivity index (χ0v) is 8.54. The first-order chi connectivity index (χ1) is 6.22. The van der Waals surface area contributed by atoms with Gasteiger partial charge >= 0.3 is 0 Å². The molecule has 0 atom stereocenters. The minimum Gasteiger partial charge on any atom is -0.362 e. The number of rotatable bonds is 4. The average molecular weight is 201 g/mol. The van der Waals surface area contributed by atoms with E-state index in [0.29, 0.717) is 24.1 Å². The molecule has 5 heteroatoms. The van der Waals surface area contributed by atoms with Gasteiger partial charge in [0.2, 0.25) is 5.91 Å². The summed E-state index contributed by atoms with van der Waals surface area (Å²) >= 11 is 5.00. The Kier molecular flexibility index (Phi) is 3.95. The Bertz CT molecular complexity index is 204. The highest BCUT2D eigenvalue weighted by Crippen LogP contribution is 2.18. The van der Waals surface area contributed by atoms with Gasteiger partial charge in [0.05, 0.1) is 0 Å². The molecule has 0 spiro atoms. The lowest BCUT2D eigenvalue weighted by molar-refractivity contribution is -0.120. The van der Waals surface area contributed by atoms with E-state index in [0.717, 1.165) is 0 Å². The highest BCUT2D eigenvalue weighted by molar-refractivity contribution is 7.80. The van der Waals surface area contributed by atoms with E-state index in [2.05, 4.69) is 16.0 Å². The first-order valence-corrected chi connectivity index (χ1v) is 4.88. The van der Waals surface area contributed by atoms with Crippen molar-refractivity contribution in [1.29, 1.82) is 0 Å². The van der Waals surface area contributed by atoms with Crippen LogP contribution in [-0.4, -0.2) is 30.7 Å². The number of nitrogens with one attached hydrogen (secondary N) is 3. The average Bonchev–Trinajstić information content (AvgIpc) is 2.88. The molecule has 0 bridgehead atoms. The molecule has 0 aromatic carbocycles. The van der Waals surface area contributed by atoms with Crippen LogP contribution in [0.1, 0.15) is 19.3 Å². The Hall–Kier alpha value is -0.840. The van der Waals surface area contributed by atoms with Gasteiger partial charge in [-0.3, -0.25) is 4.79 Å². The molecular formula is C8H15N3OS. The third-order valence-corrected chi connectivity index (χ3v) is 2.09. The van der Waals surface area contributed by atoms with E-state index in [-0.39, 0.29) is 5.91 Å². The number of hydrogen-bond donors (Lipinski definition) is 3. The van der Waals surface area contributed by atoms with Crippen LogP contribution in [-0.2, 0) is 4.79 Å². The van der Waals surface area contributed by atoms with Crippen LogP contribution in [0.25, 0.3) is 0 Å². The van der Waals surface area contributed by atoms with E-state index in [1.807, 2.05) is 0 Å². The first kappa shape index (κ1) is 10.2. The second-order valence-corrected chi connectivity index (χ2v) is 3.51. The van der Waals surface area contributed by atoms with E-state index >= 15 is 0 Å². The molecule has 0 aliphatic heterocycles. The van der Waals surface area contributed by atoms with Gasteiger partial charge in [0.25, 0.3) is 0 Å². The van der Waals surface area contributed by atoms with E-state index in [1.54, 1.807) is 7.05 Å². The van der Waals surface area contributed by atoms with Crippen LogP contribution >= 0.6 is 12.2 Å². The summed E-state index contributed by atoms with van der Waals surface area (Å²) in [6, 6.07) is 0.569. The minimum absolute atomic E-state index is 0.0294. The molecule has 1 saturated carbocycles. The van der Waals surface area contributed by atoms with Crippen LogP contribution in [0.5, 0.6) is 0 Å². The molecule has 0 aromatic rings. The smallest absolute Gasteiger partial charge is 0.221 e. The SMILES string of the molecule is CNC(=O)CCNC(=S)NC1CC1. The number of thiocarbonyl (C=S) groups is 1. The van der Waals surface area contributed by atoms with Crippen LogP contribution in [0, 0.1) is 0 Å². The van der Waals surface area contributed by atoms with Crippen molar-refractivity contribution in [2.24, 2.45) is 0 Å². The lowest BCUT2D eigenvalue weighted by Gasteiger charge is -2.08. The maximum absolute atomic E-state index is 10.8. The summed E-state index contributed by atoms with van der Waals surface area (Å²) in [5, 5.41) is 9.32. The van der Waals surface area contributed by atoms with Crippen molar-refractivity contribution < 1.29 is 4.79 Å². The largest absolute Gasteiger partial charge is 0.362 e. The summed E-state index contributed by atoms with van der Waals surface area (Å²) in [5.74, 6) is 0.0294. The lowest BCUT2D eigenvalue weighted by atomic mass is 10.4. The van der Waals surface area contributed by atoms with Gasteiger partial charge in [-0.05, 0) is 25.1 Å². The molecule has 3 N–H and O–H groups in total. The molecule has 0 saturated heterocycles. The summed E-state index contributed by atoms with van der Waals surface area (Å²) in [4.78, 5) is 10.8. The summed E-state index contributed by atoms with van der Waals surface area (Å²) in [5.41, 5.74) is 0. The molecule has 0 radical (unpaired) electrons. The summed E-state index contributed by atoms with van der Waals surface area (Å²) in [6.07, 6.45) is 2.87. The molecule has 0 heterocycles. The van der Waals surface area contributed by atoms with Gasteiger partial charge in [-0.25, -0.2) is 0 Å². The third kappa shape index (κ3) is 4.67. The normalized spacial score (nSPS) is 14.8. The molecule has 0 unspecified atom stereocenters. The Morgan fingerprint density at radius 1 is 1.54 bits per heavy atom. The fraction of sp³-hybridized carbons (Fsp3) is 0.750. The van der Waals surface area contributed by atoms with Gasteiger partial charge in [0.15, 0.2) is 5.11 Å². The highest BCUT2D eigenvalue weighted by Gasteiger charge is 2.21. The van der Waals surface area contributed by atoms with Crippen LogP contribution < -0.4 is 16.0 Å². The van der Waals surface area contributed by atoms with Crippen molar-refractivity contribution in [2.45, 2.75) is 25.3 Å². The topological polar surface area (TPSA) is 53.2 Å². The predicted octanol–water partition coefficient (Wildman–Crippen LogP) is -0.251. The molecule has 0 aromatic heterocycles. The fourth-order valence-electron chi connectivity index (χ4n) is 0.879. The van der Waals surface area contributed by atoms with Crippen LogP contribution in [0.2, 0.25) is 0 Å². The molecule has 13 heavy (non-hydrogen) atoms. The maximum Gasteiger partial charge on any atom is 0.221 e. The molecule has 1 amide bonds. The first-order valence-electron chi connectivity index (χ1n) is 4.47. The number of carbonyl (C=O) groups is 1. The molecule has 1 aliphatic carbocycles. The van der Waals surface area contributed by atoms with E-state index in [9.17, 15) is 4.79 Å². The molecule has 1 fully saturated rings. The number of hydrogen-bond acceptors (Lipinski definition) is 2. The molecule has 4 nitrogen and oxygen atoms in total. The second-order valence-electron chi connectivity index (χ2n) is 3.10. The van der Waals surface area contributed by atoms with E-state index in [1.165, 1.54) is 12.8 Å². The van der Waals surface area contributed by atoms with Crippen molar-refractivity contribution >= 4 is 23.2 Å². The van der Waals surface area contributed by atoms with Crippen molar-refractivity contribution in [3.05, 3.63) is 0 Å². The Morgan fingerprint density at radius 2 is 2.23 bits per heavy atom. The van der Waals surface area contributed by atoms with Crippen molar-refractivity contribution in [3.8, 4) is 0 Å². The number of carbonyl (C=O) groups excluding carboxylic acids is 1. The van der Waals surface area contributed by atoms with Gasteiger partial charge in [-0.2, -0.15) is 0 Å². The maximum atomic E-state index is 10.8. The standard InChI is InChI=1S/C8H15N3OS/c1-9-7(12)4-5-10-8(13)11-6-2-3-6/h6H,2-5H2,1H3,(H,9,12)(H2,10,11,13). The zero-order valence-electron chi connectivity index (χ0n) is 7.72. The van der Waals surface area contributed by atoms with Crippen molar-refractivity contribution in [2.75, 3.05) is 13.6 Å². The summed E-state index contributed by atoms with van der Waals surface area (Å²) < 4.78 is 0. The Balaban J connectivity index is 1.97. The van der Waals surface area contributed by atoms with E-state index in [4.69, 9.17) is 12.2 Å². The Labute approximate surface area is 83.5 Å². The Morgan fingerprint density at radius 3 is 2.77 bits per heavy atom. The third-order valence-electron chi connectivity index (χ3n) is 1.83. The molecule has 74 valence electrons. The zero-order chi connectivity index (χ0) is 9.68. The molecule has 1 aliphatic rings. The monoisotopic (exact) mass is 201 g/mol. The van der Waals surface area contributed by atoms with Crippen LogP contribution in [0.3, 0.4) is 0 Å². The van der Waals surface area contributed by atoms with Crippen molar-refractivity contribution in [1.82, 2.24) is 16.0 Å². The predicted molar refractivity (Wildman–Crippen MR) is 55.4 cm³/mol. The van der Waals surface area contributed by atoms with Crippen LogP contribution in [0.15, 0.2) is 0 Å². The number of amides is 1. The summed E-state index contributed by atoms with van der Waals surface area (Å²) in [7, 11) is 1.63. The van der Waals surface area contributed by atoms with Crippen LogP contribution in [0.4, 0.5) is 0 Å². The minimum atomic E-state index is 0.0294. The van der Waals surface area contributed by atoms with E-state index < -0.39 is 0 Å². The highest BCUT2D eigenvalue weighted by atomic mass is 32.1. The van der Waals surface area contributed by atoms with Gasteiger partial charge in [0.1, 0.15) is 0 Å². The lowest BCUT2D eigenvalue weighted by Crippen LogP contribution is -2.38. The second kappa shape index (κ2) is 5.01. The van der Waals surface area contributed by atoms with Gasteiger partial charge in [-0.15, -0.1) is 0 Å². The van der Waals surface area contributed by atoms with Gasteiger partial charge in [-0.1, -0.05) is 0 Å². The van der Waals surface area contributed by atoms with Gasteiger partial charge in [0, 0.05) is 26.1 Å². The van der Waals surface area contributed by atoms with Gasteiger partial charge < -0.3 is 16.0 Å². The molecule has 1 rings (SSSR count).